The van der Waals surface area contributed by atoms with E-state index in [0.717, 1.165) is 26.3 Å². The predicted molar refractivity (Wildman–Crippen MR) is 71.4 cm³/mol. The first-order valence-electron chi connectivity index (χ1n) is 7.10. The van der Waals surface area contributed by atoms with Crippen LogP contribution in [0.4, 0.5) is 0 Å². The Morgan fingerprint density at radius 1 is 1.06 bits per heavy atom. The second-order valence-corrected chi connectivity index (χ2v) is 5.20. The first-order valence-corrected chi connectivity index (χ1v) is 7.10. The Morgan fingerprint density at radius 2 is 1.82 bits per heavy atom. The molecule has 1 saturated carbocycles. The molecule has 0 aromatic rings. The highest BCUT2D eigenvalue weighted by atomic mass is 16.5. The van der Waals surface area contributed by atoms with Crippen molar-refractivity contribution in [1.29, 1.82) is 0 Å². The fourth-order valence-corrected chi connectivity index (χ4v) is 2.74. The summed E-state index contributed by atoms with van der Waals surface area (Å²) in [5, 5.41) is 3.53. The van der Waals surface area contributed by atoms with Crippen molar-refractivity contribution in [3.63, 3.8) is 0 Å². The van der Waals surface area contributed by atoms with Crippen molar-refractivity contribution < 1.29 is 9.47 Å². The second-order valence-electron chi connectivity index (χ2n) is 5.20. The van der Waals surface area contributed by atoms with Crippen LogP contribution < -0.4 is 5.32 Å². The summed E-state index contributed by atoms with van der Waals surface area (Å²) < 4.78 is 10.6. The van der Waals surface area contributed by atoms with E-state index in [1.807, 2.05) is 0 Å². The van der Waals surface area contributed by atoms with E-state index in [1.54, 1.807) is 7.11 Å². The van der Waals surface area contributed by atoms with E-state index < -0.39 is 0 Å². The summed E-state index contributed by atoms with van der Waals surface area (Å²) in [5.74, 6) is 0. The summed E-state index contributed by atoms with van der Waals surface area (Å²) in [6, 6.07) is 0. The first kappa shape index (κ1) is 14.9. The van der Waals surface area contributed by atoms with Gasteiger partial charge in [0.05, 0.1) is 13.2 Å². The van der Waals surface area contributed by atoms with Crippen LogP contribution in [0.15, 0.2) is 0 Å². The van der Waals surface area contributed by atoms with Crippen molar-refractivity contribution in [2.24, 2.45) is 5.41 Å². The summed E-state index contributed by atoms with van der Waals surface area (Å²) in [4.78, 5) is 0. The molecule has 0 bridgehead atoms. The van der Waals surface area contributed by atoms with Crippen molar-refractivity contribution in [3.05, 3.63) is 0 Å². The van der Waals surface area contributed by atoms with Gasteiger partial charge in [-0.1, -0.05) is 26.2 Å². The number of ether oxygens (including phenoxy) is 2. The Hall–Kier alpha value is -0.120. The minimum absolute atomic E-state index is 0.501. The molecule has 0 amide bonds. The van der Waals surface area contributed by atoms with Gasteiger partial charge in [0, 0.05) is 20.3 Å². The van der Waals surface area contributed by atoms with E-state index >= 15 is 0 Å². The van der Waals surface area contributed by atoms with Crippen LogP contribution in [0.25, 0.3) is 0 Å². The quantitative estimate of drug-likeness (QED) is 0.631. The number of hydrogen-bond donors (Lipinski definition) is 1. The van der Waals surface area contributed by atoms with Crippen LogP contribution in [0.1, 0.15) is 45.4 Å². The molecule has 0 saturated heterocycles. The first-order chi connectivity index (χ1) is 8.33. The molecule has 1 N–H and O–H groups in total. The molecule has 0 unspecified atom stereocenters. The van der Waals surface area contributed by atoms with E-state index in [0.29, 0.717) is 12.0 Å². The molecule has 3 heteroatoms. The smallest absolute Gasteiger partial charge is 0.0700 e. The largest absolute Gasteiger partial charge is 0.382 e. The maximum Gasteiger partial charge on any atom is 0.0700 e. The number of rotatable bonds is 9. The molecule has 17 heavy (non-hydrogen) atoms. The van der Waals surface area contributed by atoms with Gasteiger partial charge in [-0.3, -0.25) is 0 Å². The highest BCUT2D eigenvalue weighted by molar-refractivity contribution is 4.84. The molecule has 1 fully saturated rings. The summed E-state index contributed by atoms with van der Waals surface area (Å²) >= 11 is 0. The zero-order valence-corrected chi connectivity index (χ0v) is 11.6. The molecule has 0 heterocycles. The predicted octanol–water partition coefficient (Wildman–Crippen LogP) is 2.60. The maximum absolute atomic E-state index is 5.63. The van der Waals surface area contributed by atoms with E-state index in [9.17, 15) is 0 Å². The van der Waals surface area contributed by atoms with Gasteiger partial charge in [0.1, 0.15) is 0 Å². The molecule has 0 aromatic carbocycles. The molecule has 1 aliphatic carbocycles. The zero-order chi connectivity index (χ0) is 12.4. The summed E-state index contributed by atoms with van der Waals surface area (Å²) in [7, 11) is 1.72. The molecule has 3 nitrogen and oxygen atoms in total. The molecule has 0 aliphatic heterocycles. The van der Waals surface area contributed by atoms with Crippen LogP contribution in [0, 0.1) is 5.41 Å². The van der Waals surface area contributed by atoms with Gasteiger partial charge in [-0.2, -0.15) is 0 Å². The number of methoxy groups -OCH3 is 1. The molecule has 0 atom stereocenters. The van der Waals surface area contributed by atoms with Gasteiger partial charge in [0.15, 0.2) is 0 Å². The third-order valence-corrected chi connectivity index (χ3v) is 3.87. The van der Waals surface area contributed by atoms with Gasteiger partial charge in [0.25, 0.3) is 0 Å². The molecule has 0 aromatic heterocycles. The fourth-order valence-electron chi connectivity index (χ4n) is 2.74. The highest BCUT2D eigenvalue weighted by Gasteiger charge is 2.30. The minimum Gasteiger partial charge on any atom is -0.382 e. The Morgan fingerprint density at radius 3 is 2.47 bits per heavy atom. The molecule has 0 radical (unpaired) electrons. The second kappa shape index (κ2) is 8.90. The van der Waals surface area contributed by atoms with Crippen molar-refractivity contribution in [2.75, 3.05) is 40.0 Å². The van der Waals surface area contributed by atoms with Crippen LogP contribution in [0.5, 0.6) is 0 Å². The summed E-state index contributed by atoms with van der Waals surface area (Å²) in [5.41, 5.74) is 0.501. The Labute approximate surface area is 106 Å². The Kier molecular flexibility index (Phi) is 7.82. The summed E-state index contributed by atoms with van der Waals surface area (Å²) in [6.07, 6.45) is 8.14. The highest BCUT2D eigenvalue weighted by Crippen LogP contribution is 2.38. The van der Waals surface area contributed by atoms with Crippen molar-refractivity contribution in [1.82, 2.24) is 5.32 Å². The lowest BCUT2D eigenvalue weighted by Gasteiger charge is -2.37. The lowest BCUT2D eigenvalue weighted by Crippen LogP contribution is -2.37. The average Bonchev–Trinajstić information content (AvgIpc) is 2.37. The van der Waals surface area contributed by atoms with E-state index in [2.05, 4.69) is 12.2 Å². The van der Waals surface area contributed by atoms with Gasteiger partial charge in [0.2, 0.25) is 0 Å². The number of nitrogens with one attached hydrogen (secondary N) is 1. The third-order valence-electron chi connectivity index (χ3n) is 3.87. The molecule has 102 valence electrons. The van der Waals surface area contributed by atoms with Crippen LogP contribution in [-0.2, 0) is 9.47 Å². The van der Waals surface area contributed by atoms with E-state index in [1.165, 1.54) is 38.5 Å². The van der Waals surface area contributed by atoms with Crippen LogP contribution in [0.2, 0.25) is 0 Å². The van der Waals surface area contributed by atoms with E-state index in [-0.39, 0.29) is 0 Å². The summed E-state index contributed by atoms with van der Waals surface area (Å²) in [6.45, 7) is 6.75. The molecular weight excluding hydrogens is 214 g/mol. The van der Waals surface area contributed by atoms with Gasteiger partial charge in [-0.25, -0.2) is 0 Å². The minimum atomic E-state index is 0.501. The average molecular weight is 243 g/mol. The van der Waals surface area contributed by atoms with Crippen LogP contribution in [0.3, 0.4) is 0 Å². The van der Waals surface area contributed by atoms with Gasteiger partial charge >= 0.3 is 0 Å². The molecular formula is C14H29NO2. The topological polar surface area (TPSA) is 30.5 Å². The lowest BCUT2D eigenvalue weighted by atomic mass is 9.72. The Balaban J connectivity index is 2.24. The van der Waals surface area contributed by atoms with Crippen LogP contribution in [-0.4, -0.2) is 40.0 Å². The van der Waals surface area contributed by atoms with Crippen molar-refractivity contribution >= 4 is 0 Å². The van der Waals surface area contributed by atoms with Crippen molar-refractivity contribution in [2.45, 2.75) is 45.4 Å². The van der Waals surface area contributed by atoms with Gasteiger partial charge < -0.3 is 14.8 Å². The number of hydrogen-bond acceptors (Lipinski definition) is 3. The fraction of sp³-hybridized carbons (Fsp3) is 1.00. The SMILES string of the molecule is CCNCC1(CCOCCOC)CCCCC1. The van der Waals surface area contributed by atoms with Crippen LogP contribution >= 0.6 is 0 Å². The Bertz CT molecular complexity index is 179. The monoisotopic (exact) mass is 243 g/mol. The van der Waals surface area contributed by atoms with Gasteiger partial charge in [-0.15, -0.1) is 0 Å². The molecule has 1 rings (SSSR count). The lowest BCUT2D eigenvalue weighted by molar-refractivity contribution is 0.0415. The molecule has 1 aliphatic rings. The zero-order valence-electron chi connectivity index (χ0n) is 11.6. The third kappa shape index (κ3) is 5.84. The standard InChI is InChI=1S/C14H29NO2/c1-3-15-13-14(7-5-4-6-8-14)9-10-17-12-11-16-2/h15H,3-13H2,1-2H3. The van der Waals surface area contributed by atoms with E-state index in [4.69, 9.17) is 9.47 Å². The van der Waals surface area contributed by atoms with Gasteiger partial charge in [-0.05, 0) is 31.2 Å². The maximum atomic E-state index is 5.63. The molecule has 0 spiro atoms. The normalized spacial score (nSPS) is 19.4. The van der Waals surface area contributed by atoms with Crippen molar-refractivity contribution in [3.8, 4) is 0 Å².